The summed E-state index contributed by atoms with van der Waals surface area (Å²) in [6.07, 6.45) is 3.26. The van der Waals surface area contributed by atoms with Crippen LogP contribution in [-0.2, 0) is 4.79 Å². The first-order chi connectivity index (χ1) is 9.57. The number of amides is 2. The van der Waals surface area contributed by atoms with Crippen molar-refractivity contribution in [2.45, 2.75) is 26.2 Å². The molecule has 1 aliphatic heterocycles. The molecule has 1 aromatic rings. The van der Waals surface area contributed by atoms with Crippen molar-refractivity contribution in [2.24, 2.45) is 5.41 Å². The molecule has 2 amide bonds. The molecule has 0 spiro atoms. The van der Waals surface area contributed by atoms with E-state index in [0.717, 1.165) is 12.8 Å². The van der Waals surface area contributed by atoms with Gasteiger partial charge in [-0.15, -0.1) is 6.58 Å². The van der Waals surface area contributed by atoms with E-state index in [0.29, 0.717) is 18.7 Å². The molecule has 0 N–H and O–H groups in total. The van der Waals surface area contributed by atoms with Crippen molar-refractivity contribution < 1.29 is 14.3 Å². The zero-order valence-corrected chi connectivity index (χ0v) is 11.7. The molecular weight excluding hydrogens is 254 g/mol. The number of hydrogen-bond donors (Lipinski definition) is 0. The van der Waals surface area contributed by atoms with E-state index < -0.39 is 11.5 Å². The molecule has 1 saturated heterocycles. The lowest BCUT2D eigenvalue weighted by atomic mass is 9.78. The van der Waals surface area contributed by atoms with Crippen LogP contribution in [0.25, 0.3) is 0 Å². The standard InChI is InChI=1S/C16H19NO3/c1-3-10-16(2)11-7-12-17(14(16)18)15(19)20-13-8-5-4-6-9-13/h3-6,8-9H,1,7,10-12H2,2H3/t16-/m0/s1. The van der Waals surface area contributed by atoms with E-state index in [9.17, 15) is 9.59 Å². The first kappa shape index (κ1) is 14.3. The van der Waals surface area contributed by atoms with Gasteiger partial charge in [-0.2, -0.15) is 0 Å². The SMILES string of the molecule is C=CC[C@@]1(C)CCCN(C(=O)Oc2ccccc2)C1=O. The van der Waals surface area contributed by atoms with Crippen molar-refractivity contribution in [2.75, 3.05) is 6.54 Å². The van der Waals surface area contributed by atoms with Gasteiger partial charge in [0.2, 0.25) is 5.91 Å². The van der Waals surface area contributed by atoms with Crippen molar-refractivity contribution >= 4 is 12.0 Å². The topological polar surface area (TPSA) is 46.6 Å². The summed E-state index contributed by atoms with van der Waals surface area (Å²) in [6, 6.07) is 8.78. The summed E-state index contributed by atoms with van der Waals surface area (Å²) in [6.45, 7) is 5.97. The second-order valence-electron chi connectivity index (χ2n) is 5.29. The Bertz CT molecular complexity index is 512. The molecule has 0 aliphatic carbocycles. The Kier molecular flexibility index (Phi) is 4.23. The monoisotopic (exact) mass is 273 g/mol. The normalized spacial score (nSPS) is 22.4. The number of nitrogens with zero attached hydrogens (tertiary/aromatic N) is 1. The summed E-state index contributed by atoms with van der Waals surface area (Å²) in [4.78, 5) is 25.8. The highest BCUT2D eigenvalue weighted by Gasteiger charge is 2.41. The van der Waals surface area contributed by atoms with Crippen LogP contribution in [0, 0.1) is 5.41 Å². The number of para-hydroxylation sites is 1. The number of benzene rings is 1. The summed E-state index contributed by atoms with van der Waals surface area (Å²) in [5.74, 6) is 0.269. The highest BCUT2D eigenvalue weighted by molar-refractivity contribution is 5.96. The minimum Gasteiger partial charge on any atom is -0.410 e. The van der Waals surface area contributed by atoms with E-state index in [1.54, 1.807) is 30.3 Å². The average Bonchev–Trinajstić information content (AvgIpc) is 2.43. The number of ether oxygens (including phenoxy) is 1. The van der Waals surface area contributed by atoms with Crippen LogP contribution in [0.5, 0.6) is 5.75 Å². The summed E-state index contributed by atoms with van der Waals surface area (Å²) in [5, 5.41) is 0. The molecule has 0 unspecified atom stereocenters. The Morgan fingerprint density at radius 1 is 1.45 bits per heavy atom. The van der Waals surface area contributed by atoms with Crippen LogP contribution >= 0.6 is 0 Å². The fraction of sp³-hybridized carbons (Fsp3) is 0.375. The third kappa shape index (κ3) is 2.90. The van der Waals surface area contributed by atoms with Crippen molar-refractivity contribution in [3.63, 3.8) is 0 Å². The molecule has 1 aliphatic rings. The van der Waals surface area contributed by atoms with Gasteiger partial charge in [-0.25, -0.2) is 9.69 Å². The fourth-order valence-electron chi connectivity index (χ4n) is 2.49. The summed E-state index contributed by atoms with van der Waals surface area (Å²) in [5.41, 5.74) is -0.546. The van der Waals surface area contributed by atoms with Gasteiger partial charge in [-0.05, 0) is 31.4 Å². The van der Waals surface area contributed by atoms with Gasteiger partial charge in [0.25, 0.3) is 0 Å². The minimum absolute atomic E-state index is 0.176. The van der Waals surface area contributed by atoms with Crippen molar-refractivity contribution in [3.05, 3.63) is 43.0 Å². The van der Waals surface area contributed by atoms with Gasteiger partial charge in [-0.3, -0.25) is 4.79 Å². The third-order valence-corrected chi connectivity index (χ3v) is 3.64. The Hall–Kier alpha value is -2.10. The molecule has 20 heavy (non-hydrogen) atoms. The average molecular weight is 273 g/mol. The molecule has 4 heteroatoms. The molecule has 1 atom stereocenters. The quantitative estimate of drug-likeness (QED) is 0.793. The molecule has 1 heterocycles. The van der Waals surface area contributed by atoms with E-state index in [-0.39, 0.29) is 5.91 Å². The second-order valence-corrected chi connectivity index (χ2v) is 5.29. The first-order valence-electron chi connectivity index (χ1n) is 6.76. The van der Waals surface area contributed by atoms with Crippen LogP contribution < -0.4 is 4.74 Å². The number of allylic oxidation sites excluding steroid dienone is 1. The van der Waals surface area contributed by atoms with Crippen LogP contribution in [0.3, 0.4) is 0 Å². The Morgan fingerprint density at radius 2 is 2.15 bits per heavy atom. The van der Waals surface area contributed by atoms with Crippen molar-refractivity contribution in [1.29, 1.82) is 0 Å². The second kappa shape index (κ2) is 5.90. The van der Waals surface area contributed by atoms with E-state index in [1.807, 2.05) is 13.0 Å². The third-order valence-electron chi connectivity index (χ3n) is 3.64. The van der Waals surface area contributed by atoms with E-state index >= 15 is 0 Å². The molecule has 1 aromatic carbocycles. The number of carbonyl (C=O) groups excluding carboxylic acids is 2. The van der Waals surface area contributed by atoms with Gasteiger partial charge in [0, 0.05) is 6.54 Å². The molecule has 0 aromatic heterocycles. The van der Waals surface area contributed by atoms with Crippen LogP contribution in [0.1, 0.15) is 26.2 Å². The Morgan fingerprint density at radius 3 is 2.80 bits per heavy atom. The van der Waals surface area contributed by atoms with Gasteiger partial charge < -0.3 is 4.74 Å². The molecule has 2 rings (SSSR count). The predicted molar refractivity (Wildman–Crippen MR) is 76.3 cm³/mol. The van der Waals surface area contributed by atoms with Crippen LogP contribution in [-0.4, -0.2) is 23.4 Å². The largest absolute Gasteiger partial charge is 0.421 e. The van der Waals surface area contributed by atoms with Gasteiger partial charge in [0.1, 0.15) is 5.75 Å². The van der Waals surface area contributed by atoms with E-state index in [2.05, 4.69) is 6.58 Å². The minimum atomic E-state index is -0.601. The highest BCUT2D eigenvalue weighted by Crippen LogP contribution is 2.34. The number of carbonyl (C=O) groups is 2. The van der Waals surface area contributed by atoms with Gasteiger partial charge >= 0.3 is 6.09 Å². The number of rotatable bonds is 3. The maximum absolute atomic E-state index is 12.4. The Labute approximate surface area is 119 Å². The van der Waals surface area contributed by atoms with Crippen LogP contribution in [0.4, 0.5) is 4.79 Å². The number of likely N-dealkylation sites (tertiary alicyclic amines) is 1. The number of imide groups is 1. The fourth-order valence-corrected chi connectivity index (χ4v) is 2.49. The van der Waals surface area contributed by atoms with E-state index in [1.165, 1.54) is 4.90 Å². The zero-order valence-electron chi connectivity index (χ0n) is 11.7. The van der Waals surface area contributed by atoms with E-state index in [4.69, 9.17) is 4.74 Å². The predicted octanol–water partition coefficient (Wildman–Crippen LogP) is 3.39. The lowest BCUT2D eigenvalue weighted by molar-refractivity contribution is -0.142. The lowest BCUT2D eigenvalue weighted by Gasteiger charge is -2.37. The van der Waals surface area contributed by atoms with Crippen LogP contribution in [0.15, 0.2) is 43.0 Å². The summed E-state index contributed by atoms with van der Waals surface area (Å²) >= 11 is 0. The maximum Gasteiger partial charge on any atom is 0.421 e. The van der Waals surface area contributed by atoms with Crippen molar-refractivity contribution in [3.8, 4) is 5.75 Å². The molecule has 1 fully saturated rings. The van der Waals surface area contributed by atoms with Gasteiger partial charge in [0.15, 0.2) is 0 Å². The molecule has 4 nitrogen and oxygen atoms in total. The number of hydrogen-bond acceptors (Lipinski definition) is 3. The Balaban J connectivity index is 2.09. The maximum atomic E-state index is 12.4. The first-order valence-corrected chi connectivity index (χ1v) is 6.76. The van der Waals surface area contributed by atoms with Gasteiger partial charge in [-0.1, -0.05) is 31.2 Å². The smallest absolute Gasteiger partial charge is 0.410 e. The van der Waals surface area contributed by atoms with Crippen molar-refractivity contribution in [1.82, 2.24) is 4.90 Å². The number of piperidine rings is 1. The molecule has 0 bridgehead atoms. The molecule has 0 saturated carbocycles. The highest BCUT2D eigenvalue weighted by atomic mass is 16.6. The summed E-state index contributed by atoms with van der Waals surface area (Å²) < 4.78 is 5.24. The molecule has 106 valence electrons. The molecular formula is C16H19NO3. The lowest BCUT2D eigenvalue weighted by Crippen LogP contribution is -2.50. The zero-order chi connectivity index (χ0) is 14.6. The van der Waals surface area contributed by atoms with Gasteiger partial charge in [0.05, 0.1) is 5.41 Å². The molecule has 0 radical (unpaired) electrons. The van der Waals surface area contributed by atoms with Crippen LogP contribution in [0.2, 0.25) is 0 Å². The summed E-state index contributed by atoms with van der Waals surface area (Å²) in [7, 11) is 0.